The van der Waals surface area contributed by atoms with Gasteiger partial charge in [-0.25, -0.2) is 4.79 Å². The summed E-state index contributed by atoms with van der Waals surface area (Å²) >= 11 is 0. The van der Waals surface area contributed by atoms with Gasteiger partial charge in [0.1, 0.15) is 0 Å². The Hall–Kier alpha value is -1.65. The van der Waals surface area contributed by atoms with Gasteiger partial charge in [-0.2, -0.15) is 0 Å². The van der Waals surface area contributed by atoms with Gasteiger partial charge in [-0.15, -0.1) is 0 Å². The van der Waals surface area contributed by atoms with E-state index < -0.39 is 5.97 Å². The number of amides is 2. The number of hydrogen-bond acceptors (Lipinski definition) is 3. The van der Waals surface area contributed by atoms with Crippen LogP contribution in [-0.2, 0) is 14.4 Å². The molecule has 0 bridgehead atoms. The molecule has 0 aromatic carbocycles. The molecule has 0 unspecified atom stereocenters. The van der Waals surface area contributed by atoms with Crippen LogP contribution in [-0.4, -0.2) is 35.3 Å². The van der Waals surface area contributed by atoms with E-state index in [1.165, 1.54) is 13.0 Å². The van der Waals surface area contributed by atoms with Crippen LogP contribution in [0.5, 0.6) is 0 Å². The first-order chi connectivity index (χ1) is 6.11. The van der Waals surface area contributed by atoms with Crippen LogP contribution in [0.15, 0.2) is 11.6 Å². The Morgan fingerprint density at radius 1 is 1.38 bits per heavy atom. The second kappa shape index (κ2) is 5.93. The molecular formula is C8H11NO4. The smallest absolute Gasteiger partial charge is 0.330 e. The van der Waals surface area contributed by atoms with Crippen molar-refractivity contribution in [2.45, 2.75) is 13.3 Å². The molecule has 0 heterocycles. The van der Waals surface area contributed by atoms with Crippen molar-refractivity contribution in [2.75, 3.05) is 6.54 Å². The van der Waals surface area contributed by atoms with Gasteiger partial charge in [-0.05, 0) is 13.3 Å². The molecule has 13 heavy (non-hydrogen) atoms. The molecule has 1 N–H and O–H groups in total. The first-order valence-electron chi connectivity index (χ1n) is 3.68. The average Bonchev–Trinajstić information content (AvgIpc) is 2.12. The van der Waals surface area contributed by atoms with Gasteiger partial charge >= 0.3 is 5.97 Å². The molecule has 0 fully saturated rings. The second-order valence-corrected chi connectivity index (χ2v) is 2.43. The Morgan fingerprint density at radius 3 is 2.31 bits per heavy atom. The lowest BCUT2D eigenvalue weighted by molar-refractivity contribution is -0.132. The molecule has 0 rings (SSSR count). The first-order valence-corrected chi connectivity index (χ1v) is 3.68. The number of aliphatic carboxylic acids is 1. The van der Waals surface area contributed by atoms with E-state index in [0.717, 1.165) is 4.90 Å². The maximum Gasteiger partial charge on any atom is 0.330 e. The second-order valence-electron chi connectivity index (χ2n) is 2.43. The predicted molar refractivity (Wildman–Crippen MR) is 44.8 cm³/mol. The lowest BCUT2D eigenvalue weighted by atomic mass is 10.2. The standard InChI is InChI=1S/C8H11NO4/c1-7(8(12)13)3-2-4-9(5-10)6-11/h3,5-6H,2,4H2,1H3,(H,12,13). The van der Waals surface area contributed by atoms with Gasteiger partial charge in [0.15, 0.2) is 0 Å². The van der Waals surface area contributed by atoms with Crippen molar-refractivity contribution in [3.05, 3.63) is 11.6 Å². The molecule has 5 heteroatoms. The van der Waals surface area contributed by atoms with Gasteiger partial charge in [0.05, 0.1) is 0 Å². The number of rotatable bonds is 6. The third kappa shape index (κ3) is 4.73. The highest BCUT2D eigenvalue weighted by Crippen LogP contribution is 1.95. The Bertz CT molecular complexity index is 226. The van der Waals surface area contributed by atoms with Gasteiger partial charge in [0, 0.05) is 12.1 Å². The van der Waals surface area contributed by atoms with Crippen molar-refractivity contribution in [1.29, 1.82) is 0 Å². The van der Waals surface area contributed by atoms with Crippen LogP contribution >= 0.6 is 0 Å². The summed E-state index contributed by atoms with van der Waals surface area (Å²) in [6.45, 7) is 1.66. The summed E-state index contributed by atoms with van der Waals surface area (Å²) in [5.41, 5.74) is 0.205. The normalized spacial score (nSPS) is 10.7. The summed E-state index contributed by atoms with van der Waals surface area (Å²) in [6.07, 6.45) is 2.62. The van der Waals surface area contributed by atoms with Gasteiger partial charge in [0.25, 0.3) is 0 Å². The first kappa shape index (κ1) is 11.4. The van der Waals surface area contributed by atoms with Gasteiger partial charge < -0.3 is 5.11 Å². The lowest BCUT2D eigenvalue weighted by Gasteiger charge is -2.05. The molecular weight excluding hydrogens is 174 g/mol. The van der Waals surface area contributed by atoms with E-state index in [2.05, 4.69) is 0 Å². The zero-order chi connectivity index (χ0) is 10.3. The number of imide groups is 1. The fourth-order valence-corrected chi connectivity index (χ4v) is 0.648. The van der Waals surface area contributed by atoms with E-state index in [9.17, 15) is 14.4 Å². The van der Waals surface area contributed by atoms with Crippen LogP contribution in [0.25, 0.3) is 0 Å². The number of hydrogen-bond donors (Lipinski definition) is 1. The maximum atomic E-state index is 10.3. The number of carboxylic acids is 1. The SMILES string of the molecule is CC(=CCCN(C=O)C=O)C(=O)O. The van der Waals surface area contributed by atoms with E-state index in [0.29, 0.717) is 19.2 Å². The van der Waals surface area contributed by atoms with Crippen LogP contribution in [0.2, 0.25) is 0 Å². The molecule has 0 aliphatic heterocycles. The molecule has 0 spiro atoms. The average molecular weight is 185 g/mol. The van der Waals surface area contributed by atoms with E-state index in [4.69, 9.17) is 5.11 Å². The van der Waals surface area contributed by atoms with Crippen molar-refractivity contribution in [1.82, 2.24) is 4.90 Å². The van der Waals surface area contributed by atoms with Gasteiger partial charge in [-0.3, -0.25) is 14.5 Å². The monoisotopic (exact) mass is 185 g/mol. The van der Waals surface area contributed by atoms with Crippen molar-refractivity contribution in [2.24, 2.45) is 0 Å². The zero-order valence-electron chi connectivity index (χ0n) is 7.27. The number of carbonyl (C=O) groups excluding carboxylic acids is 2. The quantitative estimate of drug-likeness (QED) is 0.467. The van der Waals surface area contributed by atoms with E-state index >= 15 is 0 Å². The summed E-state index contributed by atoms with van der Waals surface area (Å²) in [4.78, 5) is 31.4. The number of carboxylic acid groups (broad SMARTS) is 1. The summed E-state index contributed by atoms with van der Waals surface area (Å²) in [7, 11) is 0. The van der Waals surface area contributed by atoms with Gasteiger partial charge in [-0.1, -0.05) is 6.08 Å². The summed E-state index contributed by atoms with van der Waals surface area (Å²) in [5.74, 6) is -0.997. The molecule has 5 nitrogen and oxygen atoms in total. The predicted octanol–water partition coefficient (Wildman–Crippen LogP) is 0.0222. The highest BCUT2D eigenvalue weighted by molar-refractivity contribution is 5.85. The Morgan fingerprint density at radius 2 is 1.92 bits per heavy atom. The maximum absolute atomic E-state index is 10.3. The molecule has 2 amide bonds. The molecule has 0 aromatic rings. The fraction of sp³-hybridized carbons (Fsp3) is 0.375. The Labute approximate surface area is 75.6 Å². The molecule has 0 saturated carbocycles. The number of nitrogens with zero attached hydrogens (tertiary/aromatic N) is 1. The molecule has 0 atom stereocenters. The molecule has 0 saturated heterocycles. The molecule has 0 aromatic heterocycles. The Kier molecular flexibility index (Phi) is 5.18. The third-order valence-corrected chi connectivity index (χ3v) is 1.45. The fourth-order valence-electron chi connectivity index (χ4n) is 0.648. The van der Waals surface area contributed by atoms with E-state index in [1.807, 2.05) is 0 Å². The van der Waals surface area contributed by atoms with Crippen LogP contribution < -0.4 is 0 Å². The zero-order valence-corrected chi connectivity index (χ0v) is 7.27. The van der Waals surface area contributed by atoms with Crippen LogP contribution in [0.3, 0.4) is 0 Å². The highest BCUT2D eigenvalue weighted by Gasteiger charge is 2.00. The molecule has 0 aliphatic carbocycles. The molecule has 0 aliphatic rings. The largest absolute Gasteiger partial charge is 0.478 e. The minimum Gasteiger partial charge on any atom is -0.478 e. The summed E-state index contributed by atoms with van der Waals surface area (Å²) in [5, 5.41) is 8.44. The topological polar surface area (TPSA) is 74.7 Å². The van der Waals surface area contributed by atoms with Crippen molar-refractivity contribution < 1.29 is 19.5 Å². The van der Waals surface area contributed by atoms with Crippen molar-refractivity contribution in [3.8, 4) is 0 Å². The minimum atomic E-state index is -0.997. The third-order valence-electron chi connectivity index (χ3n) is 1.45. The summed E-state index contributed by atoms with van der Waals surface area (Å²) < 4.78 is 0. The number of carbonyl (C=O) groups is 3. The van der Waals surface area contributed by atoms with Gasteiger partial charge in [0.2, 0.25) is 12.8 Å². The highest BCUT2D eigenvalue weighted by atomic mass is 16.4. The lowest BCUT2D eigenvalue weighted by Crippen LogP contribution is -2.20. The van der Waals surface area contributed by atoms with Crippen LogP contribution in [0, 0.1) is 0 Å². The Balaban J connectivity index is 3.90. The van der Waals surface area contributed by atoms with Crippen molar-refractivity contribution >= 4 is 18.8 Å². The van der Waals surface area contributed by atoms with E-state index in [1.54, 1.807) is 0 Å². The van der Waals surface area contributed by atoms with E-state index in [-0.39, 0.29) is 12.1 Å². The molecule has 72 valence electrons. The van der Waals surface area contributed by atoms with Crippen LogP contribution in [0.4, 0.5) is 0 Å². The van der Waals surface area contributed by atoms with Crippen molar-refractivity contribution in [3.63, 3.8) is 0 Å². The summed E-state index contributed by atoms with van der Waals surface area (Å²) in [6, 6.07) is 0. The minimum absolute atomic E-state index is 0.205. The van der Waals surface area contributed by atoms with Crippen LogP contribution in [0.1, 0.15) is 13.3 Å². The molecule has 0 radical (unpaired) electrons.